The van der Waals surface area contributed by atoms with Gasteiger partial charge in [0.05, 0.1) is 20.3 Å². The highest BCUT2D eigenvalue weighted by Crippen LogP contribution is 2.31. The van der Waals surface area contributed by atoms with Gasteiger partial charge in [-0.25, -0.2) is 0 Å². The predicted octanol–water partition coefficient (Wildman–Crippen LogP) is 3.39. The summed E-state index contributed by atoms with van der Waals surface area (Å²) < 4.78 is 10.5. The second-order valence-corrected chi connectivity index (χ2v) is 6.01. The van der Waals surface area contributed by atoms with Crippen LogP contribution in [0.15, 0.2) is 18.2 Å². The summed E-state index contributed by atoms with van der Waals surface area (Å²) in [4.78, 5) is 2.54. The summed E-state index contributed by atoms with van der Waals surface area (Å²) in [6.07, 6.45) is 5.41. The number of ether oxygens (including phenoxy) is 2. The Labute approximate surface area is 134 Å². The highest BCUT2D eigenvalue weighted by Gasteiger charge is 2.21. The summed E-state index contributed by atoms with van der Waals surface area (Å²) in [6.45, 7) is 4.37. The number of aliphatic hydroxyl groups excluding tert-OH is 1. The smallest absolute Gasteiger partial charge is 0.161 e. The summed E-state index contributed by atoms with van der Waals surface area (Å²) in [7, 11) is 3.24. The average Bonchev–Trinajstić information content (AvgIpc) is 2.59. The van der Waals surface area contributed by atoms with Crippen molar-refractivity contribution in [3.63, 3.8) is 0 Å². The van der Waals surface area contributed by atoms with Crippen molar-refractivity contribution >= 4 is 0 Å². The Kier molecular flexibility index (Phi) is 6.52. The molecule has 1 N–H and O–H groups in total. The third-order valence-corrected chi connectivity index (χ3v) is 4.70. The molecule has 1 aliphatic heterocycles. The van der Waals surface area contributed by atoms with Gasteiger partial charge in [-0.3, -0.25) is 0 Å². The molecule has 0 aromatic heterocycles. The molecular formula is C18H29NO3. The third-order valence-electron chi connectivity index (χ3n) is 4.70. The Hall–Kier alpha value is -1.26. The molecule has 1 aromatic rings. The zero-order chi connectivity index (χ0) is 15.9. The van der Waals surface area contributed by atoms with Crippen LogP contribution >= 0.6 is 0 Å². The molecule has 0 radical (unpaired) electrons. The van der Waals surface area contributed by atoms with E-state index in [1.165, 1.54) is 25.7 Å². The van der Waals surface area contributed by atoms with Gasteiger partial charge in [0.1, 0.15) is 0 Å². The molecule has 22 heavy (non-hydrogen) atoms. The van der Waals surface area contributed by atoms with Gasteiger partial charge >= 0.3 is 0 Å². The number of hydrogen-bond acceptors (Lipinski definition) is 4. The van der Waals surface area contributed by atoms with Gasteiger partial charge in [-0.2, -0.15) is 0 Å². The Morgan fingerprint density at radius 2 is 2.00 bits per heavy atom. The maximum Gasteiger partial charge on any atom is 0.161 e. The molecular weight excluding hydrogens is 278 g/mol. The van der Waals surface area contributed by atoms with Crippen LogP contribution in [0.2, 0.25) is 0 Å². The number of likely N-dealkylation sites (tertiary alicyclic amines) is 1. The first-order chi connectivity index (χ1) is 10.7. The van der Waals surface area contributed by atoms with Gasteiger partial charge in [0, 0.05) is 12.6 Å². The highest BCUT2D eigenvalue weighted by atomic mass is 16.5. The van der Waals surface area contributed by atoms with Crippen LogP contribution in [0.5, 0.6) is 11.5 Å². The van der Waals surface area contributed by atoms with E-state index < -0.39 is 6.10 Å². The molecule has 1 aliphatic rings. The number of rotatable bonds is 7. The van der Waals surface area contributed by atoms with E-state index in [2.05, 4.69) is 11.8 Å². The van der Waals surface area contributed by atoms with Gasteiger partial charge in [-0.1, -0.05) is 19.4 Å². The molecule has 1 saturated heterocycles. The molecule has 0 spiro atoms. The van der Waals surface area contributed by atoms with Crippen LogP contribution in [-0.4, -0.2) is 43.4 Å². The second-order valence-electron chi connectivity index (χ2n) is 6.01. The fourth-order valence-electron chi connectivity index (χ4n) is 3.33. The van der Waals surface area contributed by atoms with Crippen molar-refractivity contribution in [1.29, 1.82) is 0 Å². The number of benzene rings is 1. The van der Waals surface area contributed by atoms with Crippen molar-refractivity contribution in [3.8, 4) is 11.5 Å². The van der Waals surface area contributed by atoms with E-state index in [-0.39, 0.29) is 0 Å². The third kappa shape index (κ3) is 4.14. The molecule has 0 amide bonds. The maximum absolute atomic E-state index is 10.5. The van der Waals surface area contributed by atoms with Crippen molar-refractivity contribution in [2.75, 3.05) is 27.3 Å². The summed E-state index contributed by atoms with van der Waals surface area (Å²) in [5.41, 5.74) is 0.891. The molecule has 2 unspecified atom stereocenters. The lowest BCUT2D eigenvalue weighted by atomic mass is 9.98. The van der Waals surface area contributed by atoms with Crippen LogP contribution in [0.4, 0.5) is 0 Å². The minimum Gasteiger partial charge on any atom is -0.493 e. The van der Waals surface area contributed by atoms with Gasteiger partial charge in [0.25, 0.3) is 0 Å². The largest absolute Gasteiger partial charge is 0.493 e. The predicted molar refractivity (Wildman–Crippen MR) is 88.6 cm³/mol. The zero-order valence-electron chi connectivity index (χ0n) is 14.0. The fourth-order valence-corrected chi connectivity index (χ4v) is 3.33. The number of nitrogens with zero attached hydrogens (tertiary/aromatic N) is 1. The Morgan fingerprint density at radius 1 is 1.23 bits per heavy atom. The minimum absolute atomic E-state index is 0.459. The molecule has 2 rings (SSSR count). The van der Waals surface area contributed by atoms with Gasteiger partial charge < -0.3 is 19.5 Å². The Balaban J connectivity index is 1.95. The molecule has 4 heteroatoms. The van der Waals surface area contributed by atoms with Gasteiger partial charge in [-0.15, -0.1) is 0 Å². The van der Waals surface area contributed by atoms with Crippen LogP contribution in [0.3, 0.4) is 0 Å². The molecule has 0 saturated carbocycles. The van der Waals surface area contributed by atoms with E-state index in [1.54, 1.807) is 14.2 Å². The molecule has 0 bridgehead atoms. The first-order valence-electron chi connectivity index (χ1n) is 8.33. The normalized spacial score (nSPS) is 20.6. The van der Waals surface area contributed by atoms with Crippen LogP contribution < -0.4 is 9.47 Å². The summed E-state index contributed by atoms with van der Waals surface area (Å²) >= 11 is 0. The van der Waals surface area contributed by atoms with Gasteiger partial charge in [0.15, 0.2) is 11.5 Å². The average molecular weight is 307 g/mol. The molecule has 2 atom stereocenters. The molecule has 1 heterocycles. The zero-order valence-corrected chi connectivity index (χ0v) is 14.0. The molecule has 1 fully saturated rings. The van der Waals surface area contributed by atoms with E-state index in [4.69, 9.17) is 9.47 Å². The number of piperidine rings is 1. The maximum atomic E-state index is 10.5. The Bertz CT molecular complexity index is 464. The van der Waals surface area contributed by atoms with E-state index in [1.807, 2.05) is 18.2 Å². The summed E-state index contributed by atoms with van der Waals surface area (Å²) in [5.74, 6) is 1.36. The second kappa shape index (κ2) is 8.39. The van der Waals surface area contributed by atoms with Crippen LogP contribution in [-0.2, 0) is 0 Å². The number of hydrogen-bond donors (Lipinski definition) is 1. The first-order valence-corrected chi connectivity index (χ1v) is 8.33. The lowest BCUT2D eigenvalue weighted by Crippen LogP contribution is -2.40. The van der Waals surface area contributed by atoms with Crippen molar-refractivity contribution < 1.29 is 14.6 Å². The van der Waals surface area contributed by atoms with E-state index in [0.29, 0.717) is 17.5 Å². The van der Waals surface area contributed by atoms with Crippen LogP contribution in [0.1, 0.15) is 50.7 Å². The molecule has 4 nitrogen and oxygen atoms in total. The standard InChI is InChI=1S/C18H29NO3/c1-4-15-7-5-6-11-19(15)12-10-16(20)14-8-9-17(21-2)18(13-14)22-3/h8-9,13,15-16,20H,4-7,10-12H2,1-3H3. The van der Waals surface area contributed by atoms with Crippen molar-refractivity contribution in [1.82, 2.24) is 4.90 Å². The number of methoxy groups -OCH3 is 2. The highest BCUT2D eigenvalue weighted by molar-refractivity contribution is 5.43. The quantitative estimate of drug-likeness (QED) is 0.838. The summed E-state index contributed by atoms with van der Waals surface area (Å²) in [6, 6.07) is 6.33. The van der Waals surface area contributed by atoms with E-state index >= 15 is 0 Å². The minimum atomic E-state index is -0.459. The van der Waals surface area contributed by atoms with Crippen molar-refractivity contribution in [2.45, 2.75) is 51.2 Å². The van der Waals surface area contributed by atoms with Crippen molar-refractivity contribution in [2.24, 2.45) is 0 Å². The molecule has 1 aromatic carbocycles. The lowest BCUT2D eigenvalue weighted by Gasteiger charge is -2.35. The molecule has 124 valence electrons. The van der Waals surface area contributed by atoms with Crippen LogP contribution in [0.25, 0.3) is 0 Å². The van der Waals surface area contributed by atoms with Gasteiger partial charge in [0.2, 0.25) is 0 Å². The van der Waals surface area contributed by atoms with E-state index in [9.17, 15) is 5.11 Å². The monoisotopic (exact) mass is 307 g/mol. The topological polar surface area (TPSA) is 41.9 Å². The molecule has 0 aliphatic carbocycles. The Morgan fingerprint density at radius 3 is 2.68 bits per heavy atom. The SMILES string of the molecule is CCC1CCCCN1CCC(O)c1ccc(OC)c(OC)c1. The number of aliphatic hydroxyl groups is 1. The summed E-state index contributed by atoms with van der Waals surface area (Å²) in [5, 5.41) is 10.5. The van der Waals surface area contributed by atoms with Gasteiger partial charge in [-0.05, 0) is 49.9 Å². The van der Waals surface area contributed by atoms with E-state index in [0.717, 1.165) is 25.1 Å². The van der Waals surface area contributed by atoms with Crippen molar-refractivity contribution in [3.05, 3.63) is 23.8 Å². The fraction of sp³-hybridized carbons (Fsp3) is 0.667. The first kappa shape index (κ1) is 17.1. The van der Waals surface area contributed by atoms with Crippen LogP contribution in [0, 0.1) is 0 Å². The lowest BCUT2D eigenvalue weighted by molar-refractivity contribution is 0.101.